The van der Waals surface area contributed by atoms with Gasteiger partial charge in [-0.1, -0.05) is 11.6 Å². The molecule has 27 heavy (non-hydrogen) atoms. The minimum atomic E-state index is -0.635. The molecule has 0 radical (unpaired) electrons. The van der Waals surface area contributed by atoms with Gasteiger partial charge in [0.15, 0.2) is 0 Å². The molecule has 0 aliphatic carbocycles. The molecule has 0 aliphatic heterocycles. The maximum atomic E-state index is 12.3. The highest BCUT2D eigenvalue weighted by atomic mass is 35.5. The number of ether oxygens (including phenoxy) is 2. The number of thiophene rings is 1. The molecule has 0 unspecified atom stereocenters. The largest absolute Gasteiger partial charge is 0.465 e. The highest BCUT2D eigenvalue weighted by molar-refractivity contribution is 7.18. The van der Waals surface area contributed by atoms with Crippen LogP contribution in [0.5, 0.6) is 0 Å². The molecule has 8 nitrogen and oxygen atoms in total. The third-order valence-corrected chi connectivity index (χ3v) is 5.26. The number of hydrogen-bond acceptors (Lipinski definition) is 7. The zero-order chi connectivity index (χ0) is 20.1. The average Bonchev–Trinajstić information content (AvgIpc) is 3.12. The molecule has 0 atom stereocenters. The molecule has 0 saturated heterocycles. The summed E-state index contributed by atoms with van der Waals surface area (Å²) in [5.74, 6) is -1.52. The highest BCUT2D eigenvalue weighted by Gasteiger charge is 2.26. The lowest BCUT2D eigenvalue weighted by Gasteiger charge is -2.06. The number of rotatable bonds is 7. The van der Waals surface area contributed by atoms with Crippen LogP contribution in [0, 0.1) is 13.8 Å². The van der Waals surface area contributed by atoms with Crippen molar-refractivity contribution in [2.45, 2.75) is 33.7 Å². The molecule has 0 aromatic carbocycles. The summed E-state index contributed by atoms with van der Waals surface area (Å²) in [5.41, 5.74) is 1.24. The van der Waals surface area contributed by atoms with Crippen molar-refractivity contribution in [3.05, 3.63) is 32.9 Å². The summed E-state index contributed by atoms with van der Waals surface area (Å²) in [6, 6.07) is 0. The standard InChI is InChI=1S/C17H20ClN3O5S/c1-5-26-17(24)14-9(2)13(16(23)25-4)15(27-14)19-12(22)6-7-21-8-11(18)10(3)20-21/h8H,5-7H2,1-4H3,(H,19,22). The number of aryl methyl sites for hydroxylation is 2. The van der Waals surface area contributed by atoms with Crippen LogP contribution in [0.2, 0.25) is 5.02 Å². The van der Waals surface area contributed by atoms with Crippen LogP contribution in [-0.4, -0.2) is 41.3 Å². The molecule has 2 heterocycles. The molecule has 1 amide bonds. The van der Waals surface area contributed by atoms with Gasteiger partial charge in [0.25, 0.3) is 0 Å². The van der Waals surface area contributed by atoms with Crippen molar-refractivity contribution in [3.63, 3.8) is 0 Å². The first-order valence-electron chi connectivity index (χ1n) is 8.16. The molecule has 0 aliphatic rings. The zero-order valence-corrected chi connectivity index (χ0v) is 17.0. The molecule has 10 heteroatoms. The fraction of sp³-hybridized carbons (Fsp3) is 0.412. The van der Waals surface area contributed by atoms with Gasteiger partial charge in [-0.2, -0.15) is 5.10 Å². The third-order valence-electron chi connectivity index (χ3n) is 3.70. The number of carbonyl (C=O) groups excluding carboxylic acids is 3. The SMILES string of the molecule is CCOC(=O)c1sc(NC(=O)CCn2cc(Cl)c(C)n2)c(C(=O)OC)c1C. The maximum absolute atomic E-state index is 12.3. The first kappa shape index (κ1) is 20.9. The average molecular weight is 414 g/mol. The van der Waals surface area contributed by atoms with Crippen molar-refractivity contribution < 1.29 is 23.9 Å². The Balaban J connectivity index is 2.17. The Morgan fingerprint density at radius 2 is 2.00 bits per heavy atom. The Labute approximate surface area is 165 Å². The molecule has 2 rings (SSSR count). The van der Waals surface area contributed by atoms with Gasteiger partial charge in [-0.25, -0.2) is 9.59 Å². The number of methoxy groups -OCH3 is 1. The summed E-state index contributed by atoms with van der Waals surface area (Å²) in [6.07, 6.45) is 1.75. The summed E-state index contributed by atoms with van der Waals surface area (Å²) < 4.78 is 11.3. The summed E-state index contributed by atoms with van der Waals surface area (Å²) in [7, 11) is 1.23. The maximum Gasteiger partial charge on any atom is 0.348 e. The number of aromatic nitrogens is 2. The van der Waals surface area contributed by atoms with Crippen molar-refractivity contribution in [1.29, 1.82) is 0 Å². The molecule has 2 aromatic rings. The van der Waals surface area contributed by atoms with E-state index in [1.54, 1.807) is 31.6 Å². The van der Waals surface area contributed by atoms with Gasteiger partial charge in [-0.3, -0.25) is 9.48 Å². The Hall–Kier alpha value is -2.39. The molecule has 0 bridgehead atoms. The molecular formula is C17H20ClN3O5S. The number of halogens is 1. The van der Waals surface area contributed by atoms with E-state index >= 15 is 0 Å². The summed E-state index contributed by atoms with van der Waals surface area (Å²) in [6.45, 7) is 5.60. The van der Waals surface area contributed by atoms with Gasteiger partial charge in [0.2, 0.25) is 5.91 Å². The van der Waals surface area contributed by atoms with Gasteiger partial charge in [-0.05, 0) is 26.3 Å². The van der Waals surface area contributed by atoms with Gasteiger partial charge in [0, 0.05) is 19.2 Å². The van der Waals surface area contributed by atoms with Crippen molar-refractivity contribution in [1.82, 2.24) is 9.78 Å². The van der Waals surface area contributed by atoms with E-state index in [0.29, 0.717) is 22.8 Å². The smallest absolute Gasteiger partial charge is 0.348 e. The lowest BCUT2D eigenvalue weighted by molar-refractivity contribution is -0.116. The first-order valence-corrected chi connectivity index (χ1v) is 9.36. The molecule has 2 aromatic heterocycles. The van der Waals surface area contributed by atoms with Crippen molar-refractivity contribution in [2.75, 3.05) is 19.0 Å². The zero-order valence-electron chi connectivity index (χ0n) is 15.4. The van der Waals surface area contributed by atoms with Gasteiger partial charge in [0.05, 0.1) is 30.0 Å². The van der Waals surface area contributed by atoms with Crippen LogP contribution in [0.3, 0.4) is 0 Å². The van der Waals surface area contributed by atoms with Gasteiger partial charge >= 0.3 is 11.9 Å². The van der Waals surface area contributed by atoms with Crippen LogP contribution in [0.1, 0.15) is 44.6 Å². The fourth-order valence-corrected chi connectivity index (χ4v) is 3.61. The Bertz CT molecular complexity index is 855. The van der Waals surface area contributed by atoms with Crippen LogP contribution < -0.4 is 5.32 Å². The molecule has 146 valence electrons. The highest BCUT2D eigenvalue weighted by Crippen LogP contribution is 2.34. The number of anilines is 1. The lowest BCUT2D eigenvalue weighted by Crippen LogP contribution is -2.16. The Morgan fingerprint density at radius 1 is 1.30 bits per heavy atom. The van der Waals surface area contributed by atoms with E-state index in [1.165, 1.54) is 7.11 Å². The molecular weight excluding hydrogens is 394 g/mol. The molecule has 0 spiro atoms. The van der Waals surface area contributed by atoms with Gasteiger partial charge in [0.1, 0.15) is 9.88 Å². The monoisotopic (exact) mass is 413 g/mol. The van der Waals surface area contributed by atoms with Gasteiger partial charge < -0.3 is 14.8 Å². The quantitative estimate of drug-likeness (QED) is 0.699. The normalized spacial score (nSPS) is 10.6. The first-order chi connectivity index (χ1) is 12.8. The van der Waals surface area contributed by atoms with Gasteiger partial charge in [-0.15, -0.1) is 11.3 Å². The van der Waals surface area contributed by atoms with Crippen molar-refractivity contribution in [2.24, 2.45) is 0 Å². The fourth-order valence-electron chi connectivity index (χ4n) is 2.35. The third kappa shape index (κ3) is 4.86. The summed E-state index contributed by atoms with van der Waals surface area (Å²) >= 11 is 6.93. The summed E-state index contributed by atoms with van der Waals surface area (Å²) in [5, 5.41) is 7.63. The van der Waals surface area contributed by atoms with Crippen LogP contribution in [0.25, 0.3) is 0 Å². The number of hydrogen-bond donors (Lipinski definition) is 1. The minimum Gasteiger partial charge on any atom is -0.465 e. The second-order valence-electron chi connectivity index (χ2n) is 5.60. The number of nitrogens with zero attached hydrogens (tertiary/aromatic N) is 2. The summed E-state index contributed by atoms with van der Waals surface area (Å²) in [4.78, 5) is 36.7. The number of carbonyl (C=O) groups is 3. The van der Waals surface area contributed by atoms with E-state index in [9.17, 15) is 14.4 Å². The van der Waals surface area contributed by atoms with Crippen LogP contribution >= 0.6 is 22.9 Å². The number of amides is 1. The Morgan fingerprint density at radius 3 is 2.56 bits per heavy atom. The van der Waals surface area contributed by atoms with Crippen molar-refractivity contribution >= 4 is 45.8 Å². The van der Waals surface area contributed by atoms with Crippen LogP contribution in [-0.2, 0) is 20.8 Å². The van der Waals surface area contributed by atoms with E-state index in [1.807, 2.05) is 0 Å². The predicted octanol–water partition coefficient (Wildman–Crippen LogP) is 3.21. The molecule has 0 fully saturated rings. The lowest BCUT2D eigenvalue weighted by atomic mass is 10.1. The van der Waals surface area contributed by atoms with Crippen LogP contribution in [0.4, 0.5) is 5.00 Å². The molecule has 0 saturated carbocycles. The van der Waals surface area contributed by atoms with E-state index < -0.39 is 11.9 Å². The van der Waals surface area contributed by atoms with E-state index in [-0.39, 0.29) is 34.4 Å². The van der Waals surface area contributed by atoms with E-state index in [4.69, 9.17) is 21.1 Å². The Kier molecular flexibility index (Phi) is 6.98. The van der Waals surface area contributed by atoms with Crippen LogP contribution in [0.15, 0.2) is 6.20 Å². The number of esters is 2. The van der Waals surface area contributed by atoms with Crippen molar-refractivity contribution in [3.8, 4) is 0 Å². The second-order valence-corrected chi connectivity index (χ2v) is 7.02. The predicted molar refractivity (Wildman–Crippen MR) is 102 cm³/mol. The second kappa shape index (κ2) is 9.01. The van der Waals surface area contributed by atoms with E-state index in [0.717, 1.165) is 11.3 Å². The topological polar surface area (TPSA) is 99.5 Å². The number of nitrogens with one attached hydrogen (secondary N) is 1. The van der Waals surface area contributed by atoms with E-state index in [2.05, 4.69) is 10.4 Å². The minimum absolute atomic E-state index is 0.115. The molecule has 1 N–H and O–H groups in total.